The van der Waals surface area contributed by atoms with E-state index in [-0.39, 0.29) is 11.5 Å². The summed E-state index contributed by atoms with van der Waals surface area (Å²) in [6, 6.07) is 5.09. The topological polar surface area (TPSA) is 80.8 Å². The number of rotatable bonds is 5. The molecule has 1 aromatic rings. The van der Waals surface area contributed by atoms with Gasteiger partial charge in [0.15, 0.2) is 6.04 Å². The Morgan fingerprint density at radius 1 is 1.23 bits per heavy atom. The van der Waals surface area contributed by atoms with Crippen molar-refractivity contribution < 1.29 is 22.7 Å². The lowest BCUT2D eigenvalue weighted by molar-refractivity contribution is -0.166. The fourth-order valence-electron chi connectivity index (χ4n) is 2.49. The van der Waals surface area contributed by atoms with Gasteiger partial charge in [0.2, 0.25) is 5.91 Å². The van der Waals surface area contributed by atoms with E-state index in [0.29, 0.717) is 10.7 Å². The zero-order valence-corrected chi connectivity index (χ0v) is 13.6. The highest BCUT2D eigenvalue weighted by Crippen LogP contribution is 2.35. The van der Waals surface area contributed by atoms with Gasteiger partial charge in [-0.2, -0.15) is 0 Å². The predicted molar refractivity (Wildman–Crippen MR) is 79.4 cm³/mol. The molecule has 0 saturated carbocycles. The van der Waals surface area contributed by atoms with Gasteiger partial charge in [-0.3, -0.25) is 4.79 Å². The molecule has 120 valence electrons. The molecule has 0 aliphatic carbocycles. The first-order chi connectivity index (χ1) is 10.3. The molecule has 0 aromatic heterocycles. The average molecular weight is 325 g/mol. The van der Waals surface area contributed by atoms with Crippen LogP contribution in [0.2, 0.25) is 0 Å². The summed E-state index contributed by atoms with van der Waals surface area (Å²) >= 11 is 0. The summed E-state index contributed by atoms with van der Waals surface area (Å²) < 4.78 is 30.8. The summed E-state index contributed by atoms with van der Waals surface area (Å²) in [6.07, 6.45) is 0.391. The highest BCUT2D eigenvalue weighted by atomic mass is 32.2. The lowest BCUT2D eigenvalue weighted by atomic mass is 9.88. The molecule has 1 fully saturated rings. The number of hydrogen-bond acceptors (Lipinski definition) is 5. The Balaban J connectivity index is 2.38. The molecule has 7 heteroatoms. The molecule has 6 nitrogen and oxygen atoms in total. The number of β-lactam (4-membered cyclic amide) rings is 1. The standard InChI is InChI=1S/C15H19NO5S/c1-4-12-13(15(18)21-5-2)16(14(12)17)22(19,20)11-8-6-10(3)7-9-11/h6-9,12-13H,4-5H2,1-3H3/t12-,13-/m1/s1. The van der Waals surface area contributed by atoms with Crippen molar-refractivity contribution in [3.8, 4) is 0 Å². The molecule has 1 aliphatic rings. The minimum Gasteiger partial charge on any atom is -0.464 e. The maximum Gasteiger partial charge on any atom is 0.330 e. The van der Waals surface area contributed by atoms with Crippen molar-refractivity contribution in [1.29, 1.82) is 0 Å². The van der Waals surface area contributed by atoms with E-state index in [9.17, 15) is 18.0 Å². The molecular formula is C15H19NO5S. The van der Waals surface area contributed by atoms with Crippen LogP contribution in [0.15, 0.2) is 29.2 Å². The molecule has 0 radical (unpaired) electrons. The van der Waals surface area contributed by atoms with Gasteiger partial charge in [0.1, 0.15) is 0 Å². The summed E-state index contributed by atoms with van der Waals surface area (Å²) in [7, 11) is -4.04. The highest BCUT2D eigenvalue weighted by molar-refractivity contribution is 7.89. The lowest BCUT2D eigenvalue weighted by Crippen LogP contribution is -2.66. The van der Waals surface area contributed by atoms with E-state index in [0.717, 1.165) is 5.56 Å². The number of hydrogen-bond donors (Lipinski definition) is 0. The molecule has 22 heavy (non-hydrogen) atoms. The third-order valence-corrected chi connectivity index (χ3v) is 5.51. The Morgan fingerprint density at radius 3 is 2.32 bits per heavy atom. The fourth-order valence-corrected chi connectivity index (χ4v) is 4.11. The summed E-state index contributed by atoms with van der Waals surface area (Å²) in [5, 5.41) is 0. The van der Waals surface area contributed by atoms with E-state index in [2.05, 4.69) is 0 Å². The Morgan fingerprint density at radius 2 is 1.82 bits per heavy atom. The van der Waals surface area contributed by atoms with Crippen LogP contribution in [0, 0.1) is 12.8 Å². The third-order valence-electron chi connectivity index (χ3n) is 3.71. The van der Waals surface area contributed by atoms with Crippen LogP contribution in [0.25, 0.3) is 0 Å². The number of nitrogens with zero attached hydrogens (tertiary/aromatic N) is 1. The van der Waals surface area contributed by atoms with Gasteiger partial charge in [0, 0.05) is 0 Å². The second kappa shape index (κ2) is 6.08. The summed E-state index contributed by atoms with van der Waals surface area (Å²) in [5.41, 5.74) is 0.905. The molecule has 1 heterocycles. The van der Waals surface area contributed by atoms with Crippen LogP contribution < -0.4 is 0 Å². The molecule has 1 saturated heterocycles. The quantitative estimate of drug-likeness (QED) is 0.605. The number of benzene rings is 1. The van der Waals surface area contributed by atoms with Crippen LogP contribution in [0.4, 0.5) is 0 Å². The summed E-state index contributed by atoms with van der Waals surface area (Å²) in [6.45, 7) is 5.35. The van der Waals surface area contributed by atoms with Gasteiger partial charge < -0.3 is 4.74 Å². The number of carbonyl (C=O) groups is 2. The van der Waals surface area contributed by atoms with Crippen LogP contribution in [0.1, 0.15) is 25.8 Å². The number of ether oxygens (including phenoxy) is 1. The average Bonchev–Trinajstić information content (AvgIpc) is 2.45. The Labute approximate surface area is 130 Å². The van der Waals surface area contributed by atoms with Crippen LogP contribution >= 0.6 is 0 Å². The molecule has 2 rings (SSSR count). The zero-order chi connectivity index (χ0) is 16.5. The number of carbonyl (C=O) groups excluding carboxylic acids is 2. The molecule has 0 bridgehead atoms. The number of sulfonamides is 1. The van der Waals surface area contributed by atoms with Gasteiger partial charge in [-0.1, -0.05) is 24.6 Å². The Bertz CT molecular complexity index is 680. The van der Waals surface area contributed by atoms with E-state index < -0.39 is 33.9 Å². The van der Waals surface area contributed by atoms with Crippen LogP contribution in [0.3, 0.4) is 0 Å². The second-order valence-electron chi connectivity index (χ2n) is 5.16. The minimum absolute atomic E-state index is 0.00435. The first kappa shape index (κ1) is 16.5. The van der Waals surface area contributed by atoms with E-state index in [1.54, 1.807) is 26.0 Å². The number of esters is 1. The zero-order valence-electron chi connectivity index (χ0n) is 12.8. The van der Waals surface area contributed by atoms with Crippen molar-refractivity contribution in [2.45, 2.75) is 38.1 Å². The van der Waals surface area contributed by atoms with Crippen molar-refractivity contribution in [3.05, 3.63) is 29.8 Å². The lowest BCUT2D eigenvalue weighted by Gasteiger charge is -2.43. The molecule has 0 spiro atoms. The van der Waals surface area contributed by atoms with Gasteiger partial charge in [0.25, 0.3) is 10.0 Å². The molecule has 0 N–H and O–H groups in total. The highest BCUT2D eigenvalue weighted by Gasteiger charge is 2.57. The minimum atomic E-state index is -4.04. The third kappa shape index (κ3) is 2.61. The predicted octanol–water partition coefficient (Wildman–Crippen LogP) is 1.48. The van der Waals surface area contributed by atoms with Crippen molar-refractivity contribution in [1.82, 2.24) is 4.31 Å². The van der Waals surface area contributed by atoms with E-state index in [4.69, 9.17) is 4.74 Å². The number of amides is 1. The first-order valence-electron chi connectivity index (χ1n) is 7.16. The van der Waals surface area contributed by atoms with Gasteiger partial charge in [-0.05, 0) is 32.4 Å². The maximum absolute atomic E-state index is 12.6. The van der Waals surface area contributed by atoms with Crippen molar-refractivity contribution in [2.75, 3.05) is 6.61 Å². The molecule has 0 unspecified atom stereocenters. The van der Waals surface area contributed by atoms with Gasteiger partial charge >= 0.3 is 5.97 Å². The van der Waals surface area contributed by atoms with Crippen molar-refractivity contribution in [2.24, 2.45) is 5.92 Å². The van der Waals surface area contributed by atoms with Crippen LogP contribution in [-0.4, -0.2) is 37.2 Å². The van der Waals surface area contributed by atoms with Crippen LogP contribution in [0.5, 0.6) is 0 Å². The van der Waals surface area contributed by atoms with E-state index in [1.165, 1.54) is 12.1 Å². The molecule has 2 atom stereocenters. The van der Waals surface area contributed by atoms with Gasteiger partial charge in [0.05, 0.1) is 17.4 Å². The molecule has 1 aliphatic heterocycles. The molecule has 1 amide bonds. The number of aryl methyl sites for hydroxylation is 1. The Kier molecular flexibility index (Phi) is 4.55. The first-order valence-corrected chi connectivity index (χ1v) is 8.60. The maximum atomic E-state index is 12.6. The fraction of sp³-hybridized carbons (Fsp3) is 0.467. The normalized spacial score (nSPS) is 21.4. The molecule has 1 aromatic carbocycles. The monoisotopic (exact) mass is 325 g/mol. The van der Waals surface area contributed by atoms with Crippen molar-refractivity contribution >= 4 is 21.9 Å². The van der Waals surface area contributed by atoms with E-state index in [1.807, 2.05) is 6.92 Å². The summed E-state index contributed by atoms with van der Waals surface area (Å²) in [4.78, 5) is 24.1. The second-order valence-corrected chi connectivity index (χ2v) is 6.98. The van der Waals surface area contributed by atoms with Crippen LogP contribution in [-0.2, 0) is 24.3 Å². The molecular weight excluding hydrogens is 306 g/mol. The Hall–Kier alpha value is -1.89. The van der Waals surface area contributed by atoms with E-state index >= 15 is 0 Å². The smallest absolute Gasteiger partial charge is 0.330 e. The largest absolute Gasteiger partial charge is 0.464 e. The van der Waals surface area contributed by atoms with Gasteiger partial charge in [-0.25, -0.2) is 17.5 Å². The summed E-state index contributed by atoms with van der Waals surface area (Å²) in [5.74, 6) is -1.87. The van der Waals surface area contributed by atoms with Gasteiger partial charge in [-0.15, -0.1) is 0 Å². The SMILES string of the molecule is CCOC(=O)[C@H]1[C@@H](CC)C(=O)N1S(=O)(=O)c1ccc(C)cc1. The van der Waals surface area contributed by atoms with Crippen molar-refractivity contribution in [3.63, 3.8) is 0 Å².